The van der Waals surface area contributed by atoms with Gasteiger partial charge in [0, 0.05) is 11.1 Å². The lowest BCUT2D eigenvalue weighted by molar-refractivity contribution is 0.404. The van der Waals surface area contributed by atoms with Gasteiger partial charge in [-0.3, -0.25) is 0 Å². The maximum Gasteiger partial charge on any atom is 0.133 e. The molecule has 106 valence electrons. The highest BCUT2D eigenvalue weighted by Gasteiger charge is 2.13. The molecule has 1 N–H and O–H groups in total. The monoisotopic (exact) mass is 290 g/mol. The first kappa shape index (κ1) is 14.5. The lowest BCUT2D eigenvalue weighted by Crippen LogP contribution is -1.99. The Hall–Kier alpha value is -1.88. The van der Waals surface area contributed by atoms with Crippen LogP contribution in [-0.4, -0.2) is 24.2 Å². The van der Waals surface area contributed by atoms with E-state index < -0.39 is 0 Å². The summed E-state index contributed by atoms with van der Waals surface area (Å²) in [7, 11) is 3.30. The van der Waals surface area contributed by atoms with E-state index in [-0.39, 0.29) is 0 Å². The molecule has 0 aliphatic heterocycles. The molecule has 2 rings (SSSR count). The maximum atomic E-state index is 5.44. The van der Waals surface area contributed by atoms with Crippen LogP contribution in [0.5, 0.6) is 11.5 Å². The fourth-order valence-electron chi connectivity index (χ4n) is 2.16. The number of methoxy groups -OCH3 is 2. The summed E-state index contributed by atoms with van der Waals surface area (Å²) in [5.41, 5.74) is 2.92. The molecule has 0 saturated carbocycles. The molecule has 1 aromatic carbocycles. The number of benzene rings is 1. The minimum Gasteiger partial charge on any atom is -0.497 e. The van der Waals surface area contributed by atoms with E-state index in [9.17, 15) is 0 Å². The molecule has 0 aliphatic carbocycles. The molecule has 1 heterocycles. The molecular weight excluding hydrogens is 272 g/mol. The molecule has 0 saturated heterocycles. The number of aromatic amines is 1. The zero-order chi connectivity index (χ0) is 14.5. The van der Waals surface area contributed by atoms with Gasteiger partial charge < -0.3 is 14.5 Å². The highest BCUT2D eigenvalue weighted by Crippen LogP contribution is 2.34. The summed E-state index contributed by atoms with van der Waals surface area (Å²) in [5.74, 6) is 1.55. The Labute approximate surface area is 123 Å². The van der Waals surface area contributed by atoms with Crippen LogP contribution in [0.25, 0.3) is 11.3 Å². The summed E-state index contributed by atoms with van der Waals surface area (Å²) >= 11 is 5.34. The summed E-state index contributed by atoms with van der Waals surface area (Å²) in [6, 6.07) is 5.71. The van der Waals surface area contributed by atoms with Gasteiger partial charge in [0.25, 0.3) is 0 Å². The van der Waals surface area contributed by atoms with Crippen molar-refractivity contribution >= 4 is 12.2 Å². The third-order valence-corrected chi connectivity index (χ3v) is 3.48. The van der Waals surface area contributed by atoms with Crippen LogP contribution in [0.2, 0.25) is 0 Å². The minimum atomic E-state index is 0.630. The molecule has 0 amide bonds. The van der Waals surface area contributed by atoms with Crippen LogP contribution in [0.4, 0.5) is 0 Å². The van der Waals surface area contributed by atoms with Crippen molar-refractivity contribution in [1.29, 1.82) is 0 Å². The molecule has 5 heteroatoms. The zero-order valence-electron chi connectivity index (χ0n) is 11.9. The Balaban J connectivity index is 2.66. The molecule has 0 unspecified atom stereocenters. The van der Waals surface area contributed by atoms with Gasteiger partial charge in [-0.2, -0.15) is 0 Å². The Bertz CT molecular complexity index is 653. The van der Waals surface area contributed by atoms with Crippen LogP contribution in [0, 0.1) is 4.64 Å². The molecule has 2 aromatic rings. The average molecular weight is 290 g/mol. The van der Waals surface area contributed by atoms with Crippen LogP contribution in [0.1, 0.15) is 18.9 Å². The summed E-state index contributed by atoms with van der Waals surface area (Å²) in [5, 5.41) is 0. The van der Waals surface area contributed by atoms with Gasteiger partial charge in [-0.15, -0.1) is 0 Å². The van der Waals surface area contributed by atoms with Crippen molar-refractivity contribution in [1.82, 2.24) is 9.97 Å². The van der Waals surface area contributed by atoms with Gasteiger partial charge in [0.05, 0.1) is 26.2 Å². The molecule has 0 bridgehead atoms. The number of ether oxygens (including phenoxy) is 2. The first-order valence-electron chi connectivity index (χ1n) is 6.50. The van der Waals surface area contributed by atoms with E-state index in [1.54, 1.807) is 20.5 Å². The van der Waals surface area contributed by atoms with Crippen molar-refractivity contribution in [3.8, 4) is 22.8 Å². The van der Waals surface area contributed by atoms with E-state index in [0.717, 1.165) is 41.2 Å². The second-order valence-corrected chi connectivity index (χ2v) is 4.76. The normalized spacial score (nSPS) is 10.3. The molecule has 0 radical (unpaired) electrons. The molecular formula is C15H18N2O2S. The van der Waals surface area contributed by atoms with Gasteiger partial charge in [0.2, 0.25) is 0 Å². The first-order chi connectivity index (χ1) is 9.71. The lowest BCUT2D eigenvalue weighted by Gasteiger charge is -2.13. The highest BCUT2D eigenvalue weighted by atomic mass is 32.1. The molecule has 1 aromatic heterocycles. The molecule has 0 spiro atoms. The first-order valence-corrected chi connectivity index (χ1v) is 6.91. The zero-order valence-corrected chi connectivity index (χ0v) is 12.7. The number of hydrogen-bond donors (Lipinski definition) is 1. The molecule has 0 aliphatic rings. The van der Waals surface area contributed by atoms with Crippen LogP contribution >= 0.6 is 12.2 Å². The number of nitrogens with one attached hydrogen (secondary N) is 1. The molecule has 0 fully saturated rings. The second-order valence-electron chi connectivity index (χ2n) is 4.38. The number of nitrogens with zero attached hydrogens (tertiary/aromatic N) is 1. The van der Waals surface area contributed by atoms with Crippen molar-refractivity contribution in [3.05, 3.63) is 34.7 Å². The van der Waals surface area contributed by atoms with Gasteiger partial charge in [-0.05, 0) is 24.6 Å². The lowest BCUT2D eigenvalue weighted by atomic mass is 10.0. The Morgan fingerprint density at radius 1 is 1.25 bits per heavy atom. The minimum absolute atomic E-state index is 0.630. The van der Waals surface area contributed by atoms with Crippen LogP contribution in [-0.2, 0) is 6.42 Å². The van der Waals surface area contributed by atoms with Crippen molar-refractivity contribution < 1.29 is 9.47 Å². The summed E-state index contributed by atoms with van der Waals surface area (Å²) in [6.07, 6.45) is 3.50. The van der Waals surface area contributed by atoms with Crippen LogP contribution in [0.15, 0.2) is 24.5 Å². The predicted octanol–water partition coefficient (Wildman–Crippen LogP) is 3.78. The van der Waals surface area contributed by atoms with Gasteiger partial charge >= 0.3 is 0 Å². The van der Waals surface area contributed by atoms with E-state index in [1.165, 1.54) is 0 Å². The molecule has 20 heavy (non-hydrogen) atoms. The standard InChI is InChI=1S/C15H18N2O2S/c1-4-5-11-14(16-9-17-15(11)20)12-8-10(18-2)6-7-13(12)19-3/h6-9H,4-5H2,1-3H3,(H,16,17,20). The Morgan fingerprint density at radius 3 is 2.70 bits per heavy atom. The number of aromatic nitrogens is 2. The number of rotatable bonds is 5. The topological polar surface area (TPSA) is 47.1 Å². The Morgan fingerprint density at radius 2 is 2.05 bits per heavy atom. The van der Waals surface area contributed by atoms with Crippen LogP contribution in [0.3, 0.4) is 0 Å². The summed E-state index contributed by atoms with van der Waals surface area (Å²) < 4.78 is 11.4. The van der Waals surface area contributed by atoms with E-state index >= 15 is 0 Å². The number of H-pyrrole nitrogens is 1. The largest absolute Gasteiger partial charge is 0.497 e. The average Bonchev–Trinajstić information content (AvgIpc) is 2.49. The van der Waals surface area contributed by atoms with Gasteiger partial charge in [0.15, 0.2) is 0 Å². The van der Waals surface area contributed by atoms with Crippen molar-refractivity contribution in [2.75, 3.05) is 14.2 Å². The SMILES string of the molecule is CCCc1c(-c2cc(OC)ccc2OC)[nH]cnc1=S. The number of hydrogen-bond acceptors (Lipinski definition) is 4. The highest BCUT2D eigenvalue weighted by molar-refractivity contribution is 7.71. The van der Waals surface area contributed by atoms with E-state index in [1.807, 2.05) is 18.2 Å². The van der Waals surface area contributed by atoms with Gasteiger partial charge in [-0.25, -0.2) is 4.98 Å². The second kappa shape index (κ2) is 6.52. The van der Waals surface area contributed by atoms with Gasteiger partial charge in [-0.1, -0.05) is 25.6 Å². The third kappa shape index (κ3) is 2.82. The van der Waals surface area contributed by atoms with Gasteiger partial charge in [0.1, 0.15) is 16.1 Å². The maximum absolute atomic E-state index is 5.44. The van der Waals surface area contributed by atoms with E-state index in [2.05, 4.69) is 16.9 Å². The predicted molar refractivity (Wildman–Crippen MR) is 82.0 cm³/mol. The van der Waals surface area contributed by atoms with Crippen molar-refractivity contribution in [3.63, 3.8) is 0 Å². The smallest absolute Gasteiger partial charge is 0.133 e. The van der Waals surface area contributed by atoms with Crippen molar-refractivity contribution in [2.45, 2.75) is 19.8 Å². The van der Waals surface area contributed by atoms with E-state index in [4.69, 9.17) is 21.7 Å². The summed E-state index contributed by atoms with van der Waals surface area (Å²) in [4.78, 5) is 7.36. The fraction of sp³-hybridized carbons (Fsp3) is 0.333. The molecule has 0 atom stereocenters. The summed E-state index contributed by atoms with van der Waals surface area (Å²) in [6.45, 7) is 2.12. The quantitative estimate of drug-likeness (QED) is 0.851. The van der Waals surface area contributed by atoms with Crippen molar-refractivity contribution in [2.24, 2.45) is 0 Å². The molecule has 4 nitrogen and oxygen atoms in total. The fourth-order valence-corrected chi connectivity index (χ4v) is 2.42. The third-order valence-electron chi connectivity index (χ3n) is 3.13. The van der Waals surface area contributed by atoms with E-state index in [0.29, 0.717) is 4.64 Å². The van der Waals surface area contributed by atoms with Crippen LogP contribution < -0.4 is 9.47 Å². The Kier molecular flexibility index (Phi) is 4.74.